The quantitative estimate of drug-likeness (QED) is 0.864. The fraction of sp³-hybridized carbons (Fsp3) is 0.833. The molecule has 1 aliphatic rings. The molecule has 1 saturated carbocycles. The van der Waals surface area contributed by atoms with Crippen LogP contribution in [0, 0.1) is 5.92 Å². The number of hydrogen-bond acceptors (Lipinski definition) is 5. The average molecular weight is 238 g/mol. The van der Waals surface area contributed by atoms with Crippen LogP contribution in [0.3, 0.4) is 0 Å². The third-order valence-electron chi connectivity index (χ3n) is 3.57. The predicted molar refractivity (Wildman–Crippen MR) is 65.3 cm³/mol. The Kier molecular flexibility index (Phi) is 3.23. The van der Waals surface area contributed by atoms with Crippen LogP contribution in [-0.4, -0.2) is 29.1 Å². The molecule has 0 saturated heterocycles. The molecule has 1 fully saturated rings. The lowest BCUT2D eigenvalue weighted by Crippen LogP contribution is -2.44. The topological polar surface area (TPSA) is 68.2 Å². The first-order chi connectivity index (χ1) is 7.94. The summed E-state index contributed by atoms with van der Waals surface area (Å²) in [5, 5.41) is 4.06. The molecule has 1 atom stereocenters. The Bertz CT molecular complexity index is 374. The molecule has 1 aliphatic carbocycles. The second kappa shape index (κ2) is 4.38. The number of hydrogen-bond donors (Lipinski definition) is 1. The van der Waals surface area contributed by atoms with Crippen LogP contribution in [0.25, 0.3) is 0 Å². The number of nitrogens with two attached hydrogens (primary N) is 1. The van der Waals surface area contributed by atoms with E-state index in [4.69, 9.17) is 10.3 Å². The number of nitrogens with zero attached hydrogens (tertiary/aromatic N) is 3. The Labute approximate surface area is 102 Å². The molecule has 96 valence electrons. The minimum absolute atomic E-state index is 0.153. The molecule has 17 heavy (non-hydrogen) atoms. The summed E-state index contributed by atoms with van der Waals surface area (Å²) in [7, 11) is 4.05. The predicted octanol–water partition coefficient (Wildman–Crippen LogP) is 1.67. The zero-order chi connectivity index (χ0) is 12.6. The van der Waals surface area contributed by atoms with E-state index in [0.717, 1.165) is 19.3 Å². The summed E-state index contributed by atoms with van der Waals surface area (Å²) in [5.74, 6) is 1.77. The number of aromatic nitrogens is 2. The molecule has 0 spiro atoms. The molecule has 0 amide bonds. The molecular weight excluding hydrogens is 216 g/mol. The maximum atomic E-state index is 6.19. The summed E-state index contributed by atoms with van der Waals surface area (Å²) in [6.07, 6.45) is 3.07. The summed E-state index contributed by atoms with van der Waals surface area (Å²) in [6.45, 7) is 4.30. The van der Waals surface area contributed by atoms with E-state index >= 15 is 0 Å². The van der Waals surface area contributed by atoms with Crippen molar-refractivity contribution in [1.29, 1.82) is 0 Å². The van der Waals surface area contributed by atoms with Gasteiger partial charge >= 0.3 is 0 Å². The van der Waals surface area contributed by atoms with Gasteiger partial charge in [-0.2, -0.15) is 4.98 Å². The first-order valence-electron chi connectivity index (χ1n) is 6.23. The van der Waals surface area contributed by atoms with Crippen LogP contribution in [0.15, 0.2) is 4.52 Å². The highest BCUT2D eigenvalue weighted by molar-refractivity contribution is 5.09. The van der Waals surface area contributed by atoms with E-state index in [2.05, 4.69) is 28.9 Å². The van der Waals surface area contributed by atoms with Crippen molar-refractivity contribution < 1.29 is 4.52 Å². The van der Waals surface area contributed by atoms with Crippen molar-refractivity contribution in [1.82, 2.24) is 15.0 Å². The molecule has 2 rings (SSSR count). The maximum Gasteiger partial charge on any atom is 0.244 e. The first-order valence-corrected chi connectivity index (χ1v) is 6.23. The highest BCUT2D eigenvalue weighted by Crippen LogP contribution is 2.37. The van der Waals surface area contributed by atoms with Crippen molar-refractivity contribution >= 4 is 0 Å². The van der Waals surface area contributed by atoms with Crippen molar-refractivity contribution in [3.63, 3.8) is 0 Å². The summed E-state index contributed by atoms with van der Waals surface area (Å²) in [5.41, 5.74) is 5.85. The average Bonchev–Trinajstić information content (AvgIpc) is 2.62. The van der Waals surface area contributed by atoms with Crippen molar-refractivity contribution in [2.75, 3.05) is 14.1 Å². The van der Waals surface area contributed by atoms with Gasteiger partial charge < -0.3 is 10.3 Å². The van der Waals surface area contributed by atoms with Gasteiger partial charge in [0.05, 0.1) is 11.6 Å². The zero-order valence-corrected chi connectivity index (χ0v) is 11.1. The molecule has 5 nitrogen and oxygen atoms in total. The van der Waals surface area contributed by atoms with Gasteiger partial charge in [-0.05, 0) is 39.3 Å². The van der Waals surface area contributed by atoms with Gasteiger partial charge in [-0.25, -0.2) is 0 Å². The maximum absolute atomic E-state index is 6.19. The van der Waals surface area contributed by atoms with Crippen molar-refractivity contribution in [3.8, 4) is 0 Å². The second-order valence-electron chi connectivity index (χ2n) is 5.62. The van der Waals surface area contributed by atoms with Crippen molar-refractivity contribution in [2.45, 2.75) is 44.7 Å². The molecule has 0 radical (unpaired) electrons. The second-order valence-corrected chi connectivity index (χ2v) is 5.62. The molecule has 0 aliphatic heterocycles. The third-order valence-corrected chi connectivity index (χ3v) is 3.57. The minimum Gasteiger partial charge on any atom is -0.338 e. The Morgan fingerprint density at radius 3 is 2.41 bits per heavy atom. The first kappa shape index (κ1) is 12.5. The SMILES string of the molecule is CC(C)[C@H](c1nc(C2(N)CCC2)no1)N(C)C. The lowest BCUT2D eigenvalue weighted by atomic mass is 9.77. The molecule has 1 heterocycles. The van der Waals surface area contributed by atoms with E-state index in [-0.39, 0.29) is 11.6 Å². The largest absolute Gasteiger partial charge is 0.338 e. The van der Waals surface area contributed by atoms with Crippen LogP contribution in [0.5, 0.6) is 0 Å². The molecule has 1 aromatic rings. The molecule has 1 aromatic heterocycles. The molecule has 2 N–H and O–H groups in total. The van der Waals surface area contributed by atoms with Gasteiger partial charge in [0.2, 0.25) is 5.89 Å². The smallest absolute Gasteiger partial charge is 0.244 e. The van der Waals surface area contributed by atoms with Crippen LogP contribution < -0.4 is 5.73 Å². The zero-order valence-electron chi connectivity index (χ0n) is 11.1. The standard InChI is InChI=1S/C12H22N4O/c1-8(2)9(16(3)4)10-14-11(15-17-10)12(13)6-5-7-12/h8-9H,5-7,13H2,1-4H3/t9-/m1/s1. The van der Waals surface area contributed by atoms with Gasteiger partial charge in [0.15, 0.2) is 5.82 Å². The Morgan fingerprint density at radius 1 is 1.35 bits per heavy atom. The third kappa shape index (κ3) is 2.21. The lowest BCUT2D eigenvalue weighted by molar-refractivity contribution is 0.180. The van der Waals surface area contributed by atoms with Crippen LogP contribution in [0.1, 0.15) is 50.9 Å². The van der Waals surface area contributed by atoms with Crippen LogP contribution in [0.2, 0.25) is 0 Å². The van der Waals surface area contributed by atoms with E-state index in [1.807, 2.05) is 14.1 Å². The summed E-state index contributed by atoms with van der Waals surface area (Å²) in [4.78, 5) is 6.61. The van der Waals surface area contributed by atoms with Crippen molar-refractivity contribution in [2.24, 2.45) is 11.7 Å². The summed E-state index contributed by atoms with van der Waals surface area (Å²) < 4.78 is 5.39. The van der Waals surface area contributed by atoms with Crippen LogP contribution >= 0.6 is 0 Å². The lowest BCUT2D eigenvalue weighted by Gasteiger charge is -2.34. The molecule has 0 unspecified atom stereocenters. The number of rotatable bonds is 4. The monoisotopic (exact) mass is 238 g/mol. The summed E-state index contributed by atoms with van der Waals surface area (Å²) in [6, 6.07) is 0.153. The van der Waals surface area contributed by atoms with Gasteiger partial charge in [-0.15, -0.1) is 0 Å². The fourth-order valence-corrected chi connectivity index (χ4v) is 2.44. The summed E-state index contributed by atoms with van der Waals surface area (Å²) >= 11 is 0. The minimum atomic E-state index is -0.338. The highest BCUT2D eigenvalue weighted by atomic mass is 16.5. The Balaban J connectivity index is 2.22. The van der Waals surface area contributed by atoms with Gasteiger partial charge in [0.25, 0.3) is 0 Å². The fourth-order valence-electron chi connectivity index (χ4n) is 2.44. The Morgan fingerprint density at radius 2 is 2.00 bits per heavy atom. The van der Waals surface area contributed by atoms with Crippen LogP contribution in [-0.2, 0) is 5.54 Å². The normalized spacial score (nSPS) is 20.6. The van der Waals surface area contributed by atoms with Gasteiger partial charge in [0, 0.05) is 0 Å². The van der Waals surface area contributed by atoms with E-state index in [0.29, 0.717) is 17.6 Å². The highest BCUT2D eigenvalue weighted by Gasteiger charge is 2.39. The molecule has 5 heteroatoms. The van der Waals surface area contributed by atoms with Gasteiger partial charge in [0.1, 0.15) is 0 Å². The van der Waals surface area contributed by atoms with Gasteiger partial charge in [-0.1, -0.05) is 19.0 Å². The molecule has 0 aromatic carbocycles. The van der Waals surface area contributed by atoms with E-state index in [1.54, 1.807) is 0 Å². The van der Waals surface area contributed by atoms with Crippen molar-refractivity contribution in [3.05, 3.63) is 11.7 Å². The van der Waals surface area contributed by atoms with E-state index in [9.17, 15) is 0 Å². The van der Waals surface area contributed by atoms with Gasteiger partial charge in [-0.3, -0.25) is 4.90 Å². The Hall–Kier alpha value is -0.940. The molecule has 0 bridgehead atoms. The van der Waals surface area contributed by atoms with Crippen LogP contribution in [0.4, 0.5) is 0 Å². The molecular formula is C12H22N4O. The van der Waals surface area contributed by atoms with E-state index < -0.39 is 0 Å². The van der Waals surface area contributed by atoms with E-state index in [1.165, 1.54) is 0 Å².